The van der Waals surface area contributed by atoms with E-state index in [4.69, 9.17) is 4.43 Å². The second kappa shape index (κ2) is 4.23. The second-order valence-corrected chi connectivity index (χ2v) is 14.1. The van der Waals surface area contributed by atoms with E-state index in [1.807, 2.05) is 11.9 Å². The molecule has 4 atom stereocenters. The highest BCUT2D eigenvalue weighted by molar-refractivity contribution is 6.74. The lowest BCUT2D eigenvalue weighted by molar-refractivity contribution is -0.134. The molecule has 0 aromatic carbocycles. The smallest absolute Gasteiger partial charge is 0.229 e. The maximum Gasteiger partial charge on any atom is 0.229 e. The number of likely N-dealkylation sites (tertiary alicyclic amines) is 1. The highest BCUT2D eigenvalue weighted by Gasteiger charge is 2.82. The lowest BCUT2D eigenvalue weighted by Gasteiger charge is -2.45. The molecule has 3 fully saturated rings. The van der Waals surface area contributed by atoms with Crippen LogP contribution in [0.3, 0.4) is 0 Å². The van der Waals surface area contributed by atoms with Crippen LogP contribution >= 0.6 is 0 Å². The van der Waals surface area contributed by atoms with E-state index in [1.54, 1.807) is 0 Å². The molecule has 124 valence electrons. The molecule has 0 aromatic heterocycles. The first-order chi connectivity index (χ1) is 9.87. The molecule has 5 heteroatoms. The number of carbonyl (C=O) groups is 2. The van der Waals surface area contributed by atoms with Gasteiger partial charge in [-0.05, 0) is 24.6 Å². The topological polar surface area (TPSA) is 46.6 Å². The zero-order chi connectivity index (χ0) is 16.7. The molecule has 0 N–H and O–H groups in total. The summed E-state index contributed by atoms with van der Waals surface area (Å²) in [4.78, 5) is 26.7. The largest absolute Gasteiger partial charge is 0.413 e. The van der Waals surface area contributed by atoms with Gasteiger partial charge in [0, 0.05) is 31.3 Å². The Morgan fingerprint density at radius 1 is 1.23 bits per heavy atom. The predicted molar refractivity (Wildman–Crippen MR) is 88.0 cm³/mol. The van der Waals surface area contributed by atoms with E-state index in [0.717, 1.165) is 6.42 Å². The number of hydrogen-bond acceptors (Lipinski definition) is 3. The van der Waals surface area contributed by atoms with Gasteiger partial charge in [-0.2, -0.15) is 0 Å². The van der Waals surface area contributed by atoms with Crippen molar-refractivity contribution in [3.8, 4) is 0 Å². The van der Waals surface area contributed by atoms with Crippen molar-refractivity contribution < 1.29 is 14.0 Å². The number of ketones is 1. The summed E-state index contributed by atoms with van der Waals surface area (Å²) >= 11 is 0. The van der Waals surface area contributed by atoms with Crippen molar-refractivity contribution >= 4 is 20.0 Å². The van der Waals surface area contributed by atoms with Gasteiger partial charge in [0.1, 0.15) is 5.78 Å². The molecule has 2 aliphatic carbocycles. The minimum Gasteiger partial charge on any atom is -0.413 e. The molecular weight excluding hydrogens is 294 g/mol. The van der Waals surface area contributed by atoms with Crippen LogP contribution in [0.4, 0.5) is 0 Å². The van der Waals surface area contributed by atoms with Crippen molar-refractivity contribution in [1.29, 1.82) is 0 Å². The van der Waals surface area contributed by atoms with E-state index in [2.05, 4.69) is 40.8 Å². The molecule has 0 radical (unpaired) electrons. The Hall–Kier alpha value is -0.683. The Balaban J connectivity index is 1.95. The number of amides is 1. The van der Waals surface area contributed by atoms with E-state index in [0.29, 0.717) is 12.8 Å². The predicted octanol–water partition coefficient (Wildman–Crippen LogP) is 2.98. The summed E-state index contributed by atoms with van der Waals surface area (Å²) in [6.45, 7) is 13.2. The average Bonchev–Trinajstić information content (AvgIpc) is 2.94. The third kappa shape index (κ3) is 1.78. The van der Waals surface area contributed by atoms with E-state index < -0.39 is 8.32 Å². The highest BCUT2D eigenvalue weighted by atomic mass is 28.4. The normalized spacial score (nSPS) is 41.5. The zero-order valence-electron chi connectivity index (χ0n) is 14.9. The van der Waals surface area contributed by atoms with Gasteiger partial charge in [-0.15, -0.1) is 0 Å². The molecule has 3 aliphatic rings. The molecule has 3 rings (SSSR count). The highest BCUT2D eigenvalue weighted by Crippen LogP contribution is 2.76. The molecule has 1 saturated heterocycles. The summed E-state index contributed by atoms with van der Waals surface area (Å²) in [5.41, 5.74) is -0.428. The summed E-state index contributed by atoms with van der Waals surface area (Å²) in [5.74, 6) is 0.450. The monoisotopic (exact) mass is 323 g/mol. The van der Waals surface area contributed by atoms with E-state index >= 15 is 0 Å². The quantitative estimate of drug-likeness (QED) is 0.734. The van der Waals surface area contributed by atoms with Crippen molar-refractivity contribution in [2.24, 2.45) is 10.8 Å². The van der Waals surface area contributed by atoms with Gasteiger partial charge in [-0.3, -0.25) is 9.59 Å². The van der Waals surface area contributed by atoms with Crippen molar-refractivity contribution in [2.45, 2.75) is 77.2 Å². The Labute approximate surface area is 134 Å². The first-order valence-corrected chi connectivity index (χ1v) is 11.2. The number of nitrogens with zero attached hydrogens (tertiary/aromatic N) is 1. The van der Waals surface area contributed by atoms with Gasteiger partial charge >= 0.3 is 0 Å². The van der Waals surface area contributed by atoms with Crippen LogP contribution in [0.25, 0.3) is 0 Å². The van der Waals surface area contributed by atoms with Gasteiger partial charge in [0.05, 0.1) is 11.5 Å². The van der Waals surface area contributed by atoms with E-state index in [-0.39, 0.29) is 39.7 Å². The lowest BCUT2D eigenvalue weighted by atomic mass is 9.76. The second-order valence-electron chi connectivity index (χ2n) is 9.29. The maximum absolute atomic E-state index is 12.6. The average molecular weight is 324 g/mol. The van der Waals surface area contributed by atoms with E-state index in [9.17, 15) is 9.59 Å². The first kappa shape index (κ1) is 16.2. The van der Waals surface area contributed by atoms with Gasteiger partial charge < -0.3 is 9.33 Å². The van der Waals surface area contributed by atoms with Crippen LogP contribution in [0.2, 0.25) is 18.1 Å². The number of hydrogen-bond donors (Lipinski definition) is 0. The van der Waals surface area contributed by atoms with Crippen molar-refractivity contribution in [2.75, 3.05) is 7.05 Å². The van der Waals surface area contributed by atoms with Crippen molar-refractivity contribution in [1.82, 2.24) is 4.90 Å². The molecular formula is C17H29NO3Si. The number of rotatable bonds is 2. The summed E-state index contributed by atoms with van der Waals surface area (Å²) < 4.78 is 6.67. The standard InChI is InChI=1S/C17H29NO3Si/c1-15(2,3)22(6,7)21-13-9-11(19)8-12-17(13)10-16(17,4)14(20)18(12)5/h12-13H,8-10H2,1-7H3/t12-,13+,16+,17-/m0/s1. The number of piperidine rings is 1. The van der Waals surface area contributed by atoms with Gasteiger partial charge in [-0.1, -0.05) is 27.7 Å². The summed E-state index contributed by atoms with van der Waals surface area (Å²) in [6.07, 6.45) is 1.80. The summed E-state index contributed by atoms with van der Waals surface area (Å²) in [7, 11) is -0.106. The molecule has 1 aliphatic heterocycles. The van der Waals surface area contributed by atoms with Crippen LogP contribution in [0.1, 0.15) is 47.0 Å². The molecule has 0 aromatic rings. The molecule has 2 saturated carbocycles. The van der Waals surface area contributed by atoms with Crippen LogP contribution in [-0.4, -0.2) is 44.1 Å². The minimum absolute atomic E-state index is 0.0426. The van der Waals surface area contributed by atoms with Crippen LogP contribution < -0.4 is 0 Å². The van der Waals surface area contributed by atoms with Crippen molar-refractivity contribution in [3.63, 3.8) is 0 Å². The Morgan fingerprint density at radius 3 is 2.36 bits per heavy atom. The van der Waals surface area contributed by atoms with Gasteiger partial charge in [0.15, 0.2) is 8.32 Å². The fourth-order valence-corrected chi connectivity index (χ4v) is 5.91. The SMILES string of the molecule is CN1C(=O)[C@@]2(C)C[C@@]23[C@@H]1CC(=O)C[C@H]3O[Si](C)(C)C(C)(C)C. The van der Waals surface area contributed by atoms with E-state index in [1.165, 1.54) is 0 Å². The van der Waals surface area contributed by atoms with Gasteiger partial charge in [-0.25, -0.2) is 0 Å². The lowest BCUT2D eigenvalue weighted by Crippen LogP contribution is -2.53. The Morgan fingerprint density at radius 2 is 1.82 bits per heavy atom. The molecule has 1 spiro atoms. The fraction of sp³-hybridized carbons (Fsp3) is 0.882. The molecule has 0 unspecified atom stereocenters. The van der Waals surface area contributed by atoms with Crippen LogP contribution in [0, 0.1) is 10.8 Å². The summed E-state index contributed by atoms with van der Waals surface area (Å²) in [5, 5.41) is 0.111. The van der Waals surface area contributed by atoms with Crippen LogP contribution in [-0.2, 0) is 14.0 Å². The Bertz CT molecular complexity index is 553. The number of carbonyl (C=O) groups excluding carboxylic acids is 2. The molecule has 1 amide bonds. The first-order valence-electron chi connectivity index (χ1n) is 8.34. The minimum atomic E-state index is -1.96. The zero-order valence-corrected chi connectivity index (χ0v) is 15.9. The van der Waals surface area contributed by atoms with Gasteiger partial charge in [0.25, 0.3) is 0 Å². The van der Waals surface area contributed by atoms with Gasteiger partial charge in [0.2, 0.25) is 5.91 Å². The fourth-order valence-electron chi connectivity index (χ4n) is 4.55. The third-order valence-electron chi connectivity index (χ3n) is 7.05. The summed E-state index contributed by atoms with van der Waals surface area (Å²) in [6, 6.07) is 0.0426. The maximum atomic E-state index is 12.6. The van der Waals surface area contributed by atoms with Crippen molar-refractivity contribution in [3.05, 3.63) is 0 Å². The third-order valence-corrected chi connectivity index (χ3v) is 11.5. The van der Waals surface area contributed by atoms with Crippen LogP contribution in [0.5, 0.6) is 0 Å². The van der Waals surface area contributed by atoms with Crippen LogP contribution in [0.15, 0.2) is 0 Å². The molecule has 1 heterocycles. The molecule has 4 nitrogen and oxygen atoms in total. The molecule has 0 bridgehead atoms. The number of Topliss-reactive ketones (excluding diaryl/α,β-unsaturated/α-hetero) is 1. The Kier molecular flexibility index (Phi) is 3.11. The molecule has 22 heavy (non-hydrogen) atoms.